The molecule has 0 amide bonds. The second-order valence-electron chi connectivity index (χ2n) is 2.36. The molecule has 0 radical (unpaired) electrons. The normalized spacial score (nSPS) is 12.1. The van der Waals surface area contributed by atoms with Crippen molar-refractivity contribution in [1.29, 1.82) is 5.26 Å². The van der Waals surface area contributed by atoms with E-state index in [0.29, 0.717) is 11.2 Å². The molecule has 0 aliphatic rings. The van der Waals surface area contributed by atoms with Crippen molar-refractivity contribution in [2.75, 3.05) is 5.33 Å². The van der Waals surface area contributed by atoms with Crippen LogP contribution in [0.15, 0.2) is 12.3 Å². The molecule has 0 aromatic carbocycles. The van der Waals surface area contributed by atoms with Gasteiger partial charge in [-0.05, 0) is 13.0 Å². The van der Waals surface area contributed by atoms with E-state index in [9.17, 15) is 0 Å². The van der Waals surface area contributed by atoms with Gasteiger partial charge in [0.15, 0.2) is 0 Å². The molecule has 0 aliphatic carbocycles. The topological polar surface area (TPSA) is 49.6 Å². The Morgan fingerprint density at radius 2 is 2.50 bits per heavy atom. The number of nitrogens with zero attached hydrogens (tertiary/aromatic N) is 3. The number of rotatable bonds is 2. The van der Waals surface area contributed by atoms with E-state index in [2.05, 4.69) is 32.0 Å². The lowest BCUT2D eigenvalue weighted by Gasteiger charge is -2.03. The van der Waals surface area contributed by atoms with Crippen LogP contribution in [0, 0.1) is 18.3 Å². The Bertz CT molecular complexity index is 305. The van der Waals surface area contributed by atoms with Gasteiger partial charge in [0.1, 0.15) is 5.82 Å². The van der Waals surface area contributed by atoms with Gasteiger partial charge in [0.05, 0.1) is 17.7 Å². The first kappa shape index (κ1) is 9.14. The van der Waals surface area contributed by atoms with Crippen LogP contribution in [0.2, 0.25) is 0 Å². The highest BCUT2D eigenvalue weighted by Gasteiger charge is 2.09. The van der Waals surface area contributed by atoms with Crippen molar-refractivity contribution in [3.63, 3.8) is 0 Å². The Hall–Kier alpha value is -0.950. The molecule has 1 rings (SSSR count). The zero-order valence-corrected chi connectivity index (χ0v) is 8.24. The molecule has 1 heterocycles. The zero-order chi connectivity index (χ0) is 8.97. The van der Waals surface area contributed by atoms with Gasteiger partial charge in [-0.25, -0.2) is 9.97 Å². The Morgan fingerprint density at radius 1 is 1.75 bits per heavy atom. The third-order valence-electron chi connectivity index (χ3n) is 1.46. The van der Waals surface area contributed by atoms with E-state index in [-0.39, 0.29) is 5.92 Å². The highest BCUT2D eigenvalue weighted by atomic mass is 79.9. The van der Waals surface area contributed by atoms with Crippen LogP contribution in [0.1, 0.15) is 17.4 Å². The maximum absolute atomic E-state index is 8.73. The molecule has 0 saturated heterocycles. The summed E-state index contributed by atoms with van der Waals surface area (Å²) in [6.45, 7) is 1.81. The summed E-state index contributed by atoms with van der Waals surface area (Å²) >= 11 is 3.25. The Kier molecular flexibility index (Phi) is 3.18. The average molecular weight is 226 g/mol. The van der Waals surface area contributed by atoms with E-state index >= 15 is 0 Å². The Morgan fingerprint density at radius 3 is 3.00 bits per heavy atom. The summed E-state index contributed by atoms with van der Waals surface area (Å²) in [6.07, 6.45) is 1.67. The maximum Gasteiger partial charge on any atom is 0.125 e. The molecular formula is C8H8BrN3. The maximum atomic E-state index is 8.73. The van der Waals surface area contributed by atoms with Crippen LogP contribution in [0.5, 0.6) is 0 Å². The van der Waals surface area contributed by atoms with E-state index in [0.717, 1.165) is 5.69 Å². The van der Waals surface area contributed by atoms with Crippen molar-refractivity contribution >= 4 is 15.9 Å². The predicted octanol–water partition coefficient (Wildman–Crippen LogP) is 1.79. The van der Waals surface area contributed by atoms with Gasteiger partial charge in [-0.2, -0.15) is 5.26 Å². The molecule has 1 unspecified atom stereocenters. The van der Waals surface area contributed by atoms with Crippen LogP contribution < -0.4 is 0 Å². The third kappa shape index (κ3) is 2.02. The number of aryl methyl sites for hydroxylation is 1. The second kappa shape index (κ2) is 4.17. The first-order chi connectivity index (χ1) is 5.77. The zero-order valence-electron chi connectivity index (χ0n) is 6.66. The molecule has 4 heteroatoms. The quantitative estimate of drug-likeness (QED) is 0.722. The highest BCUT2D eigenvalue weighted by molar-refractivity contribution is 9.09. The van der Waals surface area contributed by atoms with E-state index in [4.69, 9.17) is 5.26 Å². The minimum absolute atomic E-state index is 0.174. The van der Waals surface area contributed by atoms with Gasteiger partial charge in [-0.15, -0.1) is 0 Å². The Labute approximate surface area is 79.6 Å². The molecule has 0 N–H and O–H groups in total. The molecule has 0 saturated carbocycles. The smallest absolute Gasteiger partial charge is 0.125 e. The summed E-state index contributed by atoms with van der Waals surface area (Å²) in [5, 5.41) is 9.34. The lowest BCUT2D eigenvalue weighted by Crippen LogP contribution is -2.01. The molecule has 1 atom stereocenters. The first-order valence-corrected chi connectivity index (χ1v) is 4.65. The van der Waals surface area contributed by atoms with Crippen LogP contribution >= 0.6 is 15.9 Å². The number of halogens is 1. The standard InChI is InChI=1S/C8H8BrN3/c1-6-11-3-2-8(12-6)7(4-9)5-10/h2-3,7H,4H2,1H3. The van der Waals surface area contributed by atoms with E-state index in [1.165, 1.54) is 0 Å². The van der Waals surface area contributed by atoms with Crippen molar-refractivity contribution < 1.29 is 0 Å². The fourth-order valence-corrected chi connectivity index (χ4v) is 1.32. The van der Waals surface area contributed by atoms with Crippen LogP contribution in [0.25, 0.3) is 0 Å². The van der Waals surface area contributed by atoms with Crippen molar-refractivity contribution in [2.45, 2.75) is 12.8 Å². The number of nitriles is 1. The summed E-state index contributed by atoms with van der Waals surface area (Å²) in [5.74, 6) is 0.528. The minimum atomic E-state index is -0.174. The van der Waals surface area contributed by atoms with Crippen LogP contribution in [-0.2, 0) is 0 Å². The van der Waals surface area contributed by atoms with Crippen molar-refractivity contribution in [2.24, 2.45) is 0 Å². The molecule has 1 aromatic heterocycles. The molecule has 0 fully saturated rings. The van der Waals surface area contributed by atoms with Gasteiger partial charge in [0, 0.05) is 11.5 Å². The predicted molar refractivity (Wildman–Crippen MR) is 48.9 cm³/mol. The van der Waals surface area contributed by atoms with Crippen LogP contribution in [0.4, 0.5) is 0 Å². The lowest BCUT2D eigenvalue weighted by atomic mass is 10.1. The fraction of sp³-hybridized carbons (Fsp3) is 0.375. The van der Waals surface area contributed by atoms with Gasteiger partial charge in [0.25, 0.3) is 0 Å². The third-order valence-corrected chi connectivity index (χ3v) is 2.11. The molecule has 0 aliphatic heterocycles. The highest BCUT2D eigenvalue weighted by Crippen LogP contribution is 2.13. The molecule has 0 spiro atoms. The number of hydrogen-bond donors (Lipinski definition) is 0. The summed E-state index contributed by atoms with van der Waals surface area (Å²) in [5.41, 5.74) is 0.780. The molecule has 12 heavy (non-hydrogen) atoms. The summed E-state index contributed by atoms with van der Waals surface area (Å²) in [4.78, 5) is 8.11. The monoisotopic (exact) mass is 225 g/mol. The fourth-order valence-electron chi connectivity index (χ4n) is 0.848. The SMILES string of the molecule is Cc1nccc(C(C#N)CBr)n1. The summed E-state index contributed by atoms with van der Waals surface area (Å²) in [6, 6.07) is 3.92. The summed E-state index contributed by atoms with van der Waals surface area (Å²) < 4.78 is 0. The lowest BCUT2D eigenvalue weighted by molar-refractivity contribution is 0.892. The molecule has 1 aromatic rings. The first-order valence-electron chi connectivity index (χ1n) is 3.53. The number of aromatic nitrogens is 2. The van der Waals surface area contributed by atoms with E-state index in [1.54, 1.807) is 12.3 Å². The molecule has 62 valence electrons. The minimum Gasteiger partial charge on any atom is -0.242 e. The van der Waals surface area contributed by atoms with Gasteiger partial charge in [-0.1, -0.05) is 15.9 Å². The van der Waals surface area contributed by atoms with Gasteiger partial charge in [0.2, 0.25) is 0 Å². The van der Waals surface area contributed by atoms with Gasteiger partial charge in [-0.3, -0.25) is 0 Å². The van der Waals surface area contributed by atoms with E-state index in [1.807, 2.05) is 6.92 Å². The molecule has 3 nitrogen and oxygen atoms in total. The van der Waals surface area contributed by atoms with Gasteiger partial charge >= 0.3 is 0 Å². The van der Waals surface area contributed by atoms with E-state index < -0.39 is 0 Å². The number of hydrogen-bond acceptors (Lipinski definition) is 3. The van der Waals surface area contributed by atoms with Crippen molar-refractivity contribution in [3.05, 3.63) is 23.8 Å². The summed E-state index contributed by atoms with van der Waals surface area (Å²) in [7, 11) is 0. The van der Waals surface area contributed by atoms with Crippen molar-refractivity contribution in [1.82, 2.24) is 9.97 Å². The number of alkyl halides is 1. The van der Waals surface area contributed by atoms with Crippen molar-refractivity contribution in [3.8, 4) is 6.07 Å². The average Bonchev–Trinajstić information content (AvgIpc) is 2.07. The Balaban J connectivity index is 2.95. The molecule has 0 bridgehead atoms. The largest absolute Gasteiger partial charge is 0.242 e. The van der Waals surface area contributed by atoms with Crippen LogP contribution in [0.3, 0.4) is 0 Å². The van der Waals surface area contributed by atoms with Crippen LogP contribution in [-0.4, -0.2) is 15.3 Å². The van der Waals surface area contributed by atoms with Gasteiger partial charge < -0.3 is 0 Å². The molecular weight excluding hydrogens is 218 g/mol. The second-order valence-corrected chi connectivity index (χ2v) is 3.01.